The van der Waals surface area contributed by atoms with Gasteiger partial charge in [-0.1, -0.05) is 6.92 Å². The predicted molar refractivity (Wildman–Crippen MR) is 81.9 cm³/mol. The molecule has 2 heterocycles. The molecule has 1 N–H and O–H groups in total. The van der Waals surface area contributed by atoms with Crippen LogP contribution in [0.4, 0.5) is 0 Å². The van der Waals surface area contributed by atoms with Gasteiger partial charge in [-0.15, -0.1) is 0 Å². The predicted octanol–water partition coefficient (Wildman–Crippen LogP) is 2.68. The highest BCUT2D eigenvalue weighted by atomic mass is 79.9. The van der Waals surface area contributed by atoms with Crippen molar-refractivity contribution in [1.29, 1.82) is 0 Å². The summed E-state index contributed by atoms with van der Waals surface area (Å²) < 4.78 is 14.5. The molecule has 1 fully saturated rings. The van der Waals surface area contributed by atoms with Crippen LogP contribution in [-0.2, 0) is 9.47 Å². The summed E-state index contributed by atoms with van der Waals surface area (Å²) in [7, 11) is 0. The minimum Gasteiger partial charge on any atom is -0.376 e. The number of rotatable bonds is 6. The molecule has 6 heteroatoms. The molecule has 1 aliphatic rings. The molecule has 20 heavy (non-hydrogen) atoms. The van der Waals surface area contributed by atoms with Crippen LogP contribution in [0.15, 0.2) is 10.7 Å². The minimum atomic E-state index is 0.0285. The largest absolute Gasteiger partial charge is 0.376 e. The average molecular weight is 346 g/mol. The molecule has 0 bridgehead atoms. The third-order valence-corrected chi connectivity index (χ3v) is 4.01. The maximum absolute atomic E-state index is 5.90. The molecular formula is C14H24BrN3O2. The Labute approximate surface area is 129 Å². The molecule has 0 aromatic carbocycles. The van der Waals surface area contributed by atoms with E-state index in [4.69, 9.17) is 9.47 Å². The van der Waals surface area contributed by atoms with E-state index in [-0.39, 0.29) is 12.1 Å². The van der Waals surface area contributed by atoms with Crippen molar-refractivity contribution >= 4 is 15.9 Å². The van der Waals surface area contributed by atoms with E-state index in [1.807, 2.05) is 6.20 Å². The first kappa shape index (κ1) is 15.9. The number of aromatic nitrogens is 2. The van der Waals surface area contributed by atoms with Crippen LogP contribution in [0.2, 0.25) is 0 Å². The van der Waals surface area contributed by atoms with E-state index in [9.17, 15) is 0 Å². The molecule has 114 valence electrons. The van der Waals surface area contributed by atoms with Gasteiger partial charge in [-0.25, -0.2) is 0 Å². The van der Waals surface area contributed by atoms with Gasteiger partial charge < -0.3 is 14.8 Å². The number of hydrogen-bond acceptors (Lipinski definition) is 4. The number of halogens is 1. The molecule has 0 spiro atoms. The molecule has 1 aliphatic heterocycles. The van der Waals surface area contributed by atoms with Crippen LogP contribution in [0.1, 0.15) is 45.0 Å². The normalized spacial score (nSPS) is 21.4. The Bertz CT molecular complexity index is 417. The maximum atomic E-state index is 5.90. The van der Waals surface area contributed by atoms with Gasteiger partial charge in [-0.2, -0.15) is 5.10 Å². The first-order chi connectivity index (χ1) is 9.65. The van der Waals surface area contributed by atoms with Gasteiger partial charge in [-0.3, -0.25) is 4.68 Å². The quantitative estimate of drug-likeness (QED) is 0.860. The first-order valence-electron chi connectivity index (χ1n) is 7.30. The zero-order valence-electron chi connectivity index (χ0n) is 12.4. The summed E-state index contributed by atoms with van der Waals surface area (Å²) in [4.78, 5) is 0. The summed E-state index contributed by atoms with van der Waals surface area (Å²) in [6.07, 6.45) is 2.97. The molecule has 1 aromatic heterocycles. The highest BCUT2D eigenvalue weighted by Gasteiger charge is 2.31. The van der Waals surface area contributed by atoms with Gasteiger partial charge in [0.15, 0.2) is 0 Å². The molecule has 0 amide bonds. The highest BCUT2D eigenvalue weighted by molar-refractivity contribution is 9.10. The number of nitrogens with zero attached hydrogens (tertiary/aromatic N) is 2. The topological polar surface area (TPSA) is 48.3 Å². The van der Waals surface area contributed by atoms with E-state index in [2.05, 4.69) is 51.8 Å². The average Bonchev–Trinajstić information content (AvgIpc) is 2.83. The Morgan fingerprint density at radius 3 is 2.90 bits per heavy atom. The van der Waals surface area contributed by atoms with Crippen molar-refractivity contribution in [2.75, 3.05) is 26.4 Å². The fraction of sp³-hybridized carbons (Fsp3) is 0.786. The van der Waals surface area contributed by atoms with Gasteiger partial charge in [-0.05, 0) is 42.7 Å². The van der Waals surface area contributed by atoms with Crippen LogP contribution < -0.4 is 5.32 Å². The number of nitrogens with one attached hydrogen (secondary N) is 1. The molecule has 0 radical (unpaired) electrons. The zero-order valence-corrected chi connectivity index (χ0v) is 14.0. The highest BCUT2D eigenvalue weighted by Crippen LogP contribution is 2.30. The van der Waals surface area contributed by atoms with Crippen LogP contribution in [0.3, 0.4) is 0 Å². The van der Waals surface area contributed by atoms with Crippen molar-refractivity contribution in [3.63, 3.8) is 0 Å². The Hall–Kier alpha value is -0.430. The second-order valence-electron chi connectivity index (χ2n) is 5.33. The van der Waals surface area contributed by atoms with Crippen LogP contribution in [0.25, 0.3) is 0 Å². The number of hydrogen-bond donors (Lipinski definition) is 1. The van der Waals surface area contributed by atoms with Crippen molar-refractivity contribution in [2.24, 2.45) is 0 Å². The monoisotopic (exact) mass is 345 g/mol. The van der Waals surface area contributed by atoms with E-state index < -0.39 is 0 Å². The Balaban J connectivity index is 2.27. The second-order valence-corrected chi connectivity index (χ2v) is 6.19. The summed E-state index contributed by atoms with van der Waals surface area (Å²) >= 11 is 3.62. The lowest BCUT2D eigenvalue weighted by atomic mass is 10.1. The molecule has 0 aliphatic carbocycles. The summed E-state index contributed by atoms with van der Waals surface area (Å²) in [6.45, 7) is 9.34. The lowest BCUT2D eigenvalue weighted by Crippen LogP contribution is -2.42. The lowest BCUT2D eigenvalue weighted by molar-refractivity contribution is -0.103. The van der Waals surface area contributed by atoms with Crippen molar-refractivity contribution in [3.05, 3.63) is 16.4 Å². The third-order valence-electron chi connectivity index (χ3n) is 3.40. The summed E-state index contributed by atoms with van der Waals surface area (Å²) in [5.41, 5.74) is 1.14. The molecule has 2 atom stereocenters. The first-order valence-corrected chi connectivity index (χ1v) is 8.10. The van der Waals surface area contributed by atoms with E-state index in [1.165, 1.54) is 0 Å². The molecule has 1 aromatic rings. The van der Waals surface area contributed by atoms with E-state index >= 15 is 0 Å². The van der Waals surface area contributed by atoms with Crippen LogP contribution in [0.5, 0.6) is 0 Å². The van der Waals surface area contributed by atoms with Gasteiger partial charge in [0.2, 0.25) is 0 Å². The van der Waals surface area contributed by atoms with Crippen molar-refractivity contribution < 1.29 is 9.47 Å². The minimum absolute atomic E-state index is 0.0285. The third kappa shape index (κ3) is 3.61. The maximum Gasteiger partial charge on any atom is 0.102 e. The van der Waals surface area contributed by atoms with Gasteiger partial charge in [0.05, 0.1) is 42.2 Å². The molecular weight excluding hydrogens is 322 g/mol. The van der Waals surface area contributed by atoms with Crippen LogP contribution in [0, 0.1) is 0 Å². The molecule has 5 nitrogen and oxygen atoms in total. The van der Waals surface area contributed by atoms with E-state index in [0.29, 0.717) is 25.9 Å². The second kappa shape index (κ2) is 7.54. The smallest absolute Gasteiger partial charge is 0.102 e. The van der Waals surface area contributed by atoms with Crippen LogP contribution in [-0.4, -0.2) is 42.2 Å². The lowest BCUT2D eigenvalue weighted by Gasteiger charge is -2.32. The Morgan fingerprint density at radius 2 is 2.30 bits per heavy atom. The summed E-state index contributed by atoms with van der Waals surface area (Å²) in [5.74, 6) is 0. The Kier molecular flexibility index (Phi) is 6.01. The van der Waals surface area contributed by atoms with Crippen molar-refractivity contribution in [2.45, 2.75) is 45.4 Å². The Morgan fingerprint density at radius 1 is 1.50 bits per heavy atom. The van der Waals surface area contributed by atoms with Crippen LogP contribution >= 0.6 is 15.9 Å². The summed E-state index contributed by atoms with van der Waals surface area (Å²) in [5, 5.41) is 8.05. The van der Waals surface area contributed by atoms with Crippen molar-refractivity contribution in [3.8, 4) is 0 Å². The van der Waals surface area contributed by atoms with Crippen molar-refractivity contribution in [1.82, 2.24) is 15.1 Å². The van der Waals surface area contributed by atoms with Gasteiger partial charge in [0.1, 0.15) is 6.10 Å². The molecule has 2 unspecified atom stereocenters. The van der Waals surface area contributed by atoms with E-state index in [1.54, 1.807) is 0 Å². The van der Waals surface area contributed by atoms with Gasteiger partial charge >= 0.3 is 0 Å². The number of ether oxygens (including phenoxy) is 2. The van der Waals surface area contributed by atoms with Gasteiger partial charge in [0, 0.05) is 6.04 Å². The SMILES string of the molecule is CCCNC(c1c(Br)cnn1C(C)C)C1COCCO1. The molecule has 0 saturated carbocycles. The summed E-state index contributed by atoms with van der Waals surface area (Å²) in [6, 6.07) is 0.404. The molecule has 2 rings (SSSR count). The fourth-order valence-corrected chi connectivity index (χ4v) is 2.98. The standard InChI is InChI=1S/C14H24BrN3O2/c1-4-5-16-13(12-9-19-6-7-20-12)14-11(15)8-17-18(14)10(2)3/h8,10,12-13,16H,4-7,9H2,1-3H3. The zero-order chi connectivity index (χ0) is 14.5. The van der Waals surface area contributed by atoms with Gasteiger partial charge in [0.25, 0.3) is 0 Å². The van der Waals surface area contributed by atoms with E-state index in [0.717, 1.165) is 23.1 Å². The molecule has 1 saturated heterocycles. The fourth-order valence-electron chi connectivity index (χ4n) is 2.46.